The Morgan fingerprint density at radius 1 is 1.00 bits per heavy atom. The molecule has 0 saturated carbocycles. The summed E-state index contributed by atoms with van der Waals surface area (Å²) in [5, 5.41) is 0. The molecular formula is C15H22O6. The Morgan fingerprint density at radius 3 is 1.90 bits per heavy atom. The SMILES string of the molecule is COC(=O)C(C)(C)COc1cc(OC)c(OC)c(OC)c1. The first-order valence-electron chi connectivity index (χ1n) is 6.40. The standard InChI is InChI=1S/C15H22O6/c1-15(2,14(16)20-6)9-21-10-7-11(17-3)13(19-5)12(8-10)18-4/h7-8H,9H2,1-6H3. The van der Waals surface area contributed by atoms with Gasteiger partial charge in [-0.2, -0.15) is 0 Å². The molecule has 1 rings (SSSR count). The van der Waals surface area contributed by atoms with E-state index >= 15 is 0 Å². The topological polar surface area (TPSA) is 63.2 Å². The predicted molar refractivity (Wildman–Crippen MR) is 77.4 cm³/mol. The van der Waals surface area contributed by atoms with Gasteiger partial charge in [0.05, 0.1) is 33.9 Å². The number of methoxy groups -OCH3 is 4. The van der Waals surface area contributed by atoms with Crippen LogP contribution >= 0.6 is 0 Å². The molecule has 0 amide bonds. The molecule has 0 heterocycles. The smallest absolute Gasteiger partial charge is 0.314 e. The molecule has 6 heteroatoms. The summed E-state index contributed by atoms with van der Waals surface area (Å²) in [4.78, 5) is 11.6. The lowest BCUT2D eigenvalue weighted by atomic mass is 9.95. The molecule has 0 spiro atoms. The normalized spacial score (nSPS) is 10.8. The third-order valence-electron chi connectivity index (χ3n) is 2.98. The second kappa shape index (κ2) is 7.06. The van der Waals surface area contributed by atoms with Crippen LogP contribution < -0.4 is 18.9 Å². The first kappa shape index (κ1) is 16.9. The molecule has 1 aromatic rings. The molecule has 0 radical (unpaired) electrons. The monoisotopic (exact) mass is 298 g/mol. The lowest BCUT2D eigenvalue weighted by molar-refractivity contribution is -0.152. The van der Waals surface area contributed by atoms with E-state index in [1.165, 1.54) is 28.4 Å². The third kappa shape index (κ3) is 3.93. The van der Waals surface area contributed by atoms with Gasteiger partial charge in [0.1, 0.15) is 12.4 Å². The number of benzene rings is 1. The molecule has 0 N–H and O–H groups in total. The van der Waals surface area contributed by atoms with Crippen molar-refractivity contribution in [1.29, 1.82) is 0 Å². The number of esters is 1. The molecule has 0 aromatic heterocycles. The molecule has 0 fully saturated rings. The van der Waals surface area contributed by atoms with Crippen molar-refractivity contribution in [2.45, 2.75) is 13.8 Å². The Balaban J connectivity index is 2.97. The maximum absolute atomic E-state index is 11.6. The van der Waals surface area contributed by atoms with E-state index in [9.17, 15) is 4.79 Å². The van der Waals surface area contributed by atoms with Crippen LogP contribution in [0.4, 0.5) is 0 Å². The van der Waals surface area contributed by atoms with Crippen LogP contribution in [-0.2, 0) is 9.53 Å². The lowest BCUT2D eigenvalue weighted by Gasteiger charge is -2.22. The van der Waals surface area contributed by atoms with Crippen LogP contribution in [0.5, 0.6) is 23.0 Å². The number of carbonyl (C=O) groups excluding carboxylic acids is 1. The van der Waals surface area contributed by atoms with Gasteiger partial charge in [-0.15, -0.1) is 0 Å². The fraction of sp³-hybridized carbons (Fsp3) is 0.533. The van der Waals surface area contributed by atoms with E-state index < -0.39 is 5.41 Å². The fourth-order valence-electron chi connectivity index (χ4n) is 1.74. The molecule has 6 nitrogen and oxygen atoms in total. The van der Waals surface area contributed by atoms with Gasteiger partial charge in [0.15, 0.2) is 11.5 Å². The van der Waals surface area contributed by atoms with Gasteiger partial charge in [-0.05, 0) is 13.8 Å². The van der Waals surface area contributed by atoms with E-state index in [4.69, 9.17) is 23.7 Å². The van der Waals surface area contributed by atoms with E-state index in [0.717, 1.165) is 0 Å². The van der Waals surface area contributed by atoms with E-state index in [0.29, 0.717) is 23.0 Å². The van der Waals surface area contributed by atoms with Crippen molar-refractivity contribution >= 4 is 5.97 Å². The summed E-state index contributed by atoms with van der Waals surface area (Å²) in [6.45, 7) is 3.66. The zero-order valence-electron chi connectivity index (χ0n) is 13.3. The molecule has 118 valence electrons. The van der Waals surface area contributed by atoms with Gasteiger partial charge in [0.25, 0.3) is 0 Å². The Morgan fingerprint density at radius 2 is 1.52 bits per heavy atom. The van der Waals surface area contributed by atoms with Crippen molar-refractivity contribution in [3.63, 3.8) is 0 Å². The van der Waals surface area contributed by atoms with Crippen LogP contribution in [0.25, 0.3) is 0 Å². The number of rotatable bonds is 7. The van der Waals surface area contributed by atoms with Crippen LogP contribution in [-0.4, -0.2) is 41.0 Å². The first-order chi connectivity index (χ1) is 9.89. The highest BCUT2D eigenvalue weighted by molar-refractivity contribution is 5.75. The highest BCUT2D eigenvalue weighted by atomic mass is 16.5. The van der Waals surface area contributed by atoms with Crippen LogP contribution in [0, 0.1) is 5.41 Å². The van der Waals surface area contributed by atoms with Crippen molar-refractivity contribution in [2.75, 3.05) is 35.0 Å². The highest BCUT2D eigenvalue weighted by Gasteiger charge is 2.30. The van der Waals surface area contributed by atoms with Crippen molar-refractivity contribution < 1.29 is 28.5 Å². The summed E-state index contributed by atoms with van der Waals surface area (Å²) in [5.74, 6) is 1.64. The van der Waals surface area contributed by atoms with Gasteiger partial charge >= 0.3 is 5.97 Å². The van der Waals surface area contributed by atoms with Crippen molar-refractivity contribution in [1.82, 2.24) is 0 Å². The summed E-state index contributed by atoms with van der Waals surface area (Å²) in [7, 11) is 5.93. The van der Waals surface area contributed by atoms with Gasteiger partial charge in [-0.3, -0.25) is 4.79 Å². The van der Waals surface area contributed by atoms with Crippen LogP contribution in [0.15, 0.2) is 12.1 Å². The number of carbonyl (C=O) groups is 1. The molecule has 0 bridgehead atoms. The second-order valence-electron chi connectivity index (χ2n) is 5.03. The van der Waals surface area contributed by atoms with E-state index in [1.807, 2.05) is 0 Å². The highest BCUT2D eigenvalue weighted by Crippen LogP contribution is 2.41. The third-order valence-corrected chi connectivity index (χ3v) is 2.98. The largest absolute Gasteiger partial charge is 0.493 e. The van der Waals surface area contributed by atoms with Crippen LogP contribution in [0.3, 0.4) is 0 Å². The maximum atomic E-state index is 11.6. The zero-order chi connectivity index (χ0) is 16.0. The van der Waals surface area contributed by atoms with E-state index in [2.05, 4.69) is 0 Å². The quantitative estimate of drug-likeness (QED) is 0.720. The Labute approximate surface area is 124 Å². The van der Waals surface area contributed by atoms with E-state index in [-0.39, 0.29) is 12.6 Å². The summed E-state index contributed by atoms with van der Waals surface area (Å²) in [6, 6.07) is 3.35. The fourth-order valence-corrected chi connectivity index (χ4v) is 1.74. The van der Waals surface area contributed by atoms with Crippen LogP contribution in [0.2, 0.25) is 0 Å². The maximum Gasteiger partial charge on any atom is 0.314 e. The number of hydrogen-bond donors (Lipinski definition) is 0. The molecule has 0 unspecified atom stereocenters. The van der Waals surface area contributed by atoms with Crippen molar-refractivity contribution in [2.24, 2.45) is 5.41 Å². The van der Waals surface area contributed by atoms with Gasteiger partial charge in [0.2, 0.25) is 5.75 Å². The Bertz CT molecular complexity index is 470. The molecule has 0 aliphatic rings. The summed E-state index contributed by atoms with van der Waals surface area (Å²) in [5.41, 5.74) is -0.755. The number of ether oxygens (including phenoxy) is 5. The minimum atomic E-state index is -0.755. The molecule has 21 heavy (non-hydrogen) atoms. The molecule has 0 saturated heterocycles. The Kier molecular flexibility index (Phi) is 5.69. The van der Waals surface area contributed by atoms with Gasteiger partial charge in [0, 0.05) is 12.1 Å². The first-order valence-corrected chi connectivity index (χ1v) is 6.40. The average molecular weight is 298 g/mol. The number of hydrogen-bond acceptors (Lipinski definition) is 6. The van der Waals surface area contributed by atoms with Gasteiger partial charge in [-0.1, -0.05) is 0 Å². The molecule has 0 atom stereocenters. The molecule has 0 aliphatic carbocycles. The van der Waals surface area contributed by atoms with Crippen molar-refractivity contribution in [3.05, 3.63) is 12.1 Å². The minimum absolute atomic E-state index is 0.165. The lowest BCUT2D eigenvalue weighted by Crippen LogP contribution is -2.32. The van der Waals surface area contributed by atoms with Crippen molar-refractivity contribution in [3.8, 4) is 23.0 Å². The minimum Gasteiger partial charge on any atom is -0.493 e. The Hall–Kier alpha value is -2.11. The molecule has 0 aliphatic heterocycles. The summed E-state index contributed by atoms with van der Waals surface area (Å²) < 4.78 is 26.1. The van der Waals surface area contributed by atoms with Gasteiger partial charge in [-0.25, -0.2) is 0 Å². The van der Waals surface area contributed by atoms with E-state index in [1.54, 1.807) is 26.0 Å². The summed E-state index contributed by atoms with van der Waals surface area (Å²) in [6.07, 6.45) is 0. The van der Waals surface area contributed by atoms with Gasteiger partial charge < -0.3 is 23.7 Å². The molecule has 1 aromatic carbocycles. The predicted octanol–water partition coefficient (Wildman–Crippen LogP) is 2.29. The molecular weight excluding hydrogens is 276 g/mol. The zero-order valence-corrected chi connectivity index (χ0v) is 13.3. The average Bonchev–Trinajstić information content (AvgIpc) is 2.50. The summed E-state index contributed by atoms with van der Waals surface area (Å²) >= 11 is 0. The van der Waals surface area contributed by atoms with Crippen LogP contribution in [0.1, 0.15) is 13.8 Å². The second-order valence-corrected chi connectivity index (χ2v) is 5.03.